The molecule has 1 aromatic heterocycles. The van der Waals surface area contributed by atoms with Crippen LogP contribution in [0.1, 0.15) is 0 Å². The minimum atomic E-state index is -3.85. The van der Waals surface area contributed by atoms with Crippen LogP contribution in [0.2, 0.25) is 0 Å². The fraction of sp³-hybridized carbons (Fsp3) is 0.261. The maximum atomic E-state index is 12.9. The molecule has 0 atom stereocenters. The number of hydrogen-bond donors (Lipinski definition) is 1. The first kappa shape index (κ1) is 21.8. The average molecular weight is 455 g/mol. The van der Waals surface area contributed by atoms with Crippen LogP contribution in [0.25, 0.3) is 0 Å². The zero-order chi connectivity index (χ0) is 22.6. The largest absolute Gasteiger partial charge is 0.497 e. The molecule has 1 aliphatic heterocycles. The first-order chi connectivity index (χ1) is 15.5. The molecule has 0 spiro atoms. The summed E-state index contributed by atoms with van der Waals surface area (Å²) in [6, 6.07) is 18.5. The van der Waals surface area contributed by atoms with Crippen LogP contribution in [0, 0.1) is 0 Å². The lowest BCUT2D eigenvalue weighted by molar-refractivity contribution is 0.386. The summed E-state index contributed by atoms with van der Waals surface area (Å²) in [6.45, 7) is 3.49. The Morgan fingerprint density at radius 2 is 1.59 bits per heavy atom. The summed E-state index contributed by atoms with van der Waals surface area (Å²) in [5, 5.41) is 0. The lowest BCUT2D eigenvalue weighted by Crippen LogP contribution is -2.46. The summed E-state index contributed by atoms with van der Waals surface area (Å²) >= 11 is 0. The number of pyridine rings is 1. The van der Waals surface area contributed by atoms with Gasteiger partial charge in [-0.05, 0) is 36.4 Å². The second-order valence-corrected chi connectivity index (χ2v) is 8.99. The zero-order valence-electron chi connectivity index (χ0n) is 18.1. The van der Waals surface area contributed by atoms with Crippen LogP contribution in [0.3, 0.4) is 0 Å². The van der Waals surface area contributed by atoms with E-state index >= 15 is 0 Å². The van der Waals surface area contributed by atoms with Crippen LogP contribution in [0.4, 0.5) is 17.2 Å². The third-order valence-corrected chi connectivity index (χ3v) is 6.81. The number of anilines is 3. The minimum absolute atomic E-state index is 0.0295. The third kappa shape index (κ3) is 4.72. The van der Waals surface area contributed by atoms with Gasteiger partial charge < -0.3 is 19.3 Å². The van der Waals surface area contributed by atoms with Gasteiger partial charge in [0.1, 0.15) is 22.2 Å². The average Bonchev–Trinajstić information content (AvgIpc) is 2.84. The second kappa shape index (κ2) is 9.35. The third-order valence-electron chi connectivity index (χ3n) is 5.39. The Morgan fingerprint density at radius 3 is 2.22 bits per heavy atom. The summed E-state index contributed by atoms with van der Waals surface area (Å²) in [5.74, 6) is 1.54. The predicted octanol–water partition coefficient (Wildman–Crippen LogP) is 3.23. The Bertz CT molecular complexity index is 1150. The number of hydrogen-bond acceptors (Lipinski definition) is 7. The van der Waals surface area contributed by atoms with E-state index in [1.54, 1.807) is 12.1 Å². The highest BCUT2D eigenvalue weighted by Gasteiger charge is 2.22. The SMILES string of the molecule is COc1ccc(S(=O)(=O)Nc2ccc(N3CCN(c4ccccc4)CC3)nc2)c(OC)c1. The lowest BCUT2D eigenvalue weighted by atomic mass is 10.2. The Labute approximate surface area is 188 Å². The molecule has 0 saturated carbocycles. The van der Waals surface area contributed by atoms with Crippen molar-refractivity contribution in [3.05, 3.63) is 66.9 Å². The molecule has 3 aromatic rings. The number of benzene rings is 2. The van der Waals surface area contributed by atoms with Crippen molar-refractivity contribution in [3.63, 3.8) is 0 Å². The smallest absolute Gasteiger partial charge is 0.265 e. The van der Waals surface area contributed by atoms with E-state index in [1.165, 1.54) is 38.2 Å². The molecule has 168 valence electrons. The molecule has 0 bridgehead atoms. The monoisotopic (exact) mass is 454 g/mol. The van der Waals surface area contributed by atoms with Crippen LogP contribution in [-0.2, 0) is 10.0 Å². The molecule has 1 fully saturated rings. The Morgan fingerprint density at radius 1 is 0.875 bits per heavy atom. The topological polar surface area (TPSA) is 84.0 Å². The van der Waals surface area contributed by atoms with Crippen LogP contribution >= 0.6 is 0 Å². The first-order valence-corrected chi connectivity index (χ1v) is 11.7. The van der Waals surface area contributed by atoms with Gasteiger partial charge in [0.25, 0.3) is 10.0 Å². The van der Waals surface area contributed by atoms with Gasteiger partial charge in [0.15, 0.2) is 0 Å². The highest BCUT2D eigenvalue weighted by Crippen LogP contribution is 2.30. The zero-order valence-corrected chi connectivity index (χ0v) is 18.9. The van der Waals surface area contributed by atoms with Crippen molar-refractivity contribution in [3.8, 4) is 11.5 Å². The van der Waals surface area contributed by atoms with Gasteiger partial charge >= 0.3 is 0 Å². The number of methoxy groups -OCH3 is 2. The summed E-state index contributed by atoms with van der Waals surface area (Å²) in [6.07, 6.45) is 1.53. The van der Waals surface area contributed by atoms with E-state index in [2.05, 4.69) is 31.6 Å². The van der Waals surface area contributed by atoms with E-state index in [-0.39, 0.29) is 10.6 Å². The summed E-state index contributed by atoms with van der Waals surface area (Å²) in [4.78, 5) is 9.05. The molecule has 8 nitrogen and oxygen atoms in total. The van der Waals surface area contributed by atoms with Gasteiger partial charge in [-0.3, -0.25) is 4.72 Å². The second-order valence-electron chi connectivity index (χ2n) is 7.34. The summed E-state index contributed by atoms with van der Waals surface area (Å²) in [7, 11) is -0.919. The highest BCUT2D eigenvalue weighted by atomic mass is 32.2. The van der Waals surface area contributed by atoms with Crippen molar-refractivity contribution < 1.29 is 17.9 Å². The van der Waals surface area contributed by atoms with Crippen LogP contribution in [0.15, 0.2) is 71.8 Å². The lowest BCUT2D eigenvalue weighted by Gasteiger charge is -2.36. The molecule has 0 amide bonds. The summed E-state index contributed by atoms with van der Waals surface area (Å²) < 4.78 is 38.7. The molecule has 1 aliphatic rings. The molecule has 2 heterocycles. The van der Waals surface area contributed by atoms with Crippen molar-refractivity contribution in [1.29, 1.82) is 0 Å². The molecule has 0 aliphatic carbocycles. The van der Waals surface area contributed by atoms with Gasteiger partial charge in [-0.1, -0.05) is 18.2 Å². The van der Waals surface area contributed by atoms with Crippen molar-refractivity contribution >= 4 is 27.2 Å². The maximum absolute atomic E-state index is 12.9. The van der Waals surface area contributed by atoms with E-state index in [0.29, 0.717) is 11.4 Å². The fourth-order valence-corrected chi connectivity index (χ4v) is 4.87. The van der Waals surface area contributed by atoms with Crippen molar-refractivity contribution in [1.82, 2.24) is 4.98 Å². The van der Waals surface area contributed by atoms with Gasteiger partial charge in [0.2, 0.25) is 0 Å². The molecular weight excluding hydrogens is 428 g/mol. The number of aromatic nitrogens is 1. The van der Waals surface area contributed by atoms with Crippen molar-refractivity contribution in [2.45, 2.75) is 4.90 Å². The fourth-order valence-electron chi connectivity index (χ4n) is 3.67. The molecule has 2 aromatic carbocycles. The molecular formula is C23H26N4O4S. The van der Waals surface area contributed by atoms with Crippen LogP contribution in [0.5, 0.6) is 11.5 Å². The number of nitrogens with one attached hydrogen (secondary N) is 1. The Kier molecular flexibility index (Phi) is 6.36. The van der Waals surface area contributed by atoms with Crippen molar-refractivity contribution in [2.24, 2.45) is 0 Å². The number of rotatable bonds is 7. The van der Waals surface area contributed by atoms with Gasteiger partial charge in [-0.2, -0.15) is 0 Å². The molecule has 1 N–H and O–H groups in total. The number of nitrogens with zero attached hydrogens (tertiary/aromatic N) is 3. The van der Waals surface area contributed by atoms with E-state index in [9.17, 15) is 8.42 Å². The number of piperazine rings is 1. The summed E-state index contributed by atoms with van der Waals surface area (Å²) in [5.41, 5.74) is 1.60. The van der Waals surface area contributed by atoms with Gasteiger partial charge in [0.05, 0.1) is 26.1 Å². The highest BCUT2D eigenvalue weighted by molar-refractivity contribution is 7.92. The molecule has 1 saturated heterocycles. The number of para-hydroxylation sites is 1. The van der Waals surface area contributed by atoms with E-state index in [0.717, 1.165) is 32.0 Å². The van der Waals surface area contributed by atoms with E-state index in [1.807, 2.05) is 24.3 Å². The Balaban J connectivity index is 1.42. The van der Waals surface area contributed by atoms with Gasteiger partial charge in [-0.25, -0.2) is 13.4 Å². The quantitative estimate of drug-likeness (QED) is 0.587. The van der Waals surface area contributed by atoms with Crippen LogP contribution in [-0.4, -0.2) is 53.8 Å². The van der Waals surface area contributed by atoms with Crippen LogP contribution < -0.4 is 24.0 Å². The normalized spacial score (nSPS) is 14.2. The number of ether oxygens (including phenoxy) is 2. The number of sulfonamides is 1. The Hall–Kier alpha value is -3.46. The van der Waals surface area contributed by atoms with Gasteiger partial charge in [-0.15, -0.1) is 0 Å². The molecule has 9 heteroatoms. The van der Waals surface area contributed by atoms with Crippen molar-refractivity contribution in [2.75, 3.05) is 54.9 Å². The molecule has 0 radical (unpaired) electrons. The molecule has 4 rings (SSSR count). The van der Waals surface area contributed by atoms with Gasteiger partial charge in [0, 0.05) is 37.9 Å². The standard InChI is InChI=1S/C23H26N4O4S/c1-30-20-9-10-22(21(16-20)31-2)32(28,29)25-18-8-11-23(24-17-18)27-14-12-26(13-15-27)19-6-4-3-5-7-19/h3-11,16-17,25H,12-15H2,1-2H3. The predicted molar refractivity (Wildman–Crippen MR) is 125 cm³/mol. The van der Waals surface area contributed by atoms with E-state index in [4.69, 9.17) is 9.47 Å². The van der Waals surface area contributed by atoms with E-state index < -0.39 is 10.0 Å². The first-order valence-electron chi connectivity index (χ1n) is 10.3. The minimum Gasteiger partial charge on any atom is -0.497 e. The molecule has 32 heavy (non-hydrogen) atoms. The maximum Gasteiger partial charge on any atom is 0.265 e. The molecule has 0 unspecified atom stereocenters.